The van der Waals surface area contributed by atoms with E-state index in [-0.39, 0.29) is 6.10 Å². The highest BCUT2D eigenvalue weighted by Gasteiger charge is 2.14. The molecule has 0 heterocycles. The van der Waals surface area contributed by atoms with Crippen LogP contribution in [-0.4, -0.2) is 6.54 Å². The van der Waals surface area contributed by atoms with Gasteiger partial charge < -0.3 is 10.5 Å². The van der Waals surface area contributed by atoms with E-state index in [0.29, 0.717) is 22.3 Å². The van der Waals surface area contributed by atoms with Gasteiger partial charge in [-0.1, -0.05) is 59.1 Å². The van der Waals surface area contributed by atoms with Crippen LogP contribution in [0.25, 0.3) is 0 Å². The fraction of sp³-hybridized carbons (Fsp3) is 0.200. The summed E-state index contributed by atoms with van der Waals surface area (Å²) >= 11 is 12.1. The Hall–Kier alpha value is -1.22. The molecule has 2 aromatic rings. The lowest BCUT2D eigenvalue weighted by Gasteiger charge is -2.19. The maximum atomic E-state index is 6.12. The van der Waals surface area contributed by atoms with Gasteiger partial charge in [-0.05, 0) is 24.6 Å². The fourth-order valence-corrected chi connectivity index (χ4v) is 2.19. The van der Waals surface area contributed by atoms with E-state index in [0.717, 1.165) is 11.1 Å². The molecular formula is C15H15Cl2NO. The van der Waals surface area contributed by atoms with Gasteiger partial charge in [-0.15, -0.1) is 0 Å². The zero-order valence-corrected chi connectivity index (χ0v) is 12.1. The zero-order chi connectivity index (χ0) is 13.8. The van der Waals surface area contributed by atoms with E-state index in [4.69, 9.17) is 33.7 Å². The van der Waals surface area contributed by atoms with Crippen LogP contribution in [0, 0.1) is 6.92 Å². The topological polar surface area (TPSA) is 35.2 Å². The second-order valence-corrected chi connectivity index (χ2v) is 5.09. The molecular weight excluding hydrogens is 281 g/mol. The quantitative estimate of drug-likeness (QED) is 0.908. The van der Waals surface area contributed by atoms with Crippen LogP contribution in [0.2, 0.25) is 10.0 Å². The van der Waals surface area contributed by atoms with Gasteiger partial charge in [-0.2, -0.15) is 0 Å². The Morgan fingerprint density at radius 2 is 1.89 bits per heavy atom. The molecule has 4 heteroatoms. The Labute approximate surface area is 123 Å². The molecule has 1 atom stereocenters. The van der Waals surface area contributed by atoms with Gasteiger partial charge in [-0.3, -0.25) is 0 Å². The van der Waals surface area contributed by atoms with Gasteiger partial charge in [0.05, 0.1) is 5.02 Å². The molecule has 0 fully saturated rings. The monoisotopic (exact) mass is 295 g/mol. The summed E-state index contributed by atoms with van der Waals surface area (Å²) in [5.74, 6) is 0.547. The van der Waals surface area contributed by atoms with Crippen molar-refractivity contribution in [1.29, 1.82) is 0 Å². The van der Waals surface area contributed by atoms with Crippen molar-refractivity contribution in [1.82, 2.24) is 0 Å². The molecule has 0 aliphatic heterocycles. The number of aryl methyl sites for hydroxylation is 1. The molecule has 0 aliphatic carbocycles. The molecule has 2 nitrogen and oxygen atoms in total. The molecule has 100 valence electrons. The van der Waals surface area contributed by atoms with Crippen LogP contribution in [0.3, 0.4) is 0 Å². The number of halogens is 2. The van der Waals surface area contributed by atoms with E-state index in [1.165, 1.54) is 0 Å². The minimum atomic E-state index is -0.240. The van der Waals surface area contributed by atoms with Gasteiger partial charge in [0.25, 0.3) is 0 Å². The highest BCUT2D eigenvalue weighted by Crippen LogP contribution is 2.34. The number of rotatable bonds is 4. The molecule has 2 aromatic carbocycles. The summed E-state index contributed by atoms with van der Waals surface area (Å²) < 4.78 is 5.87. The van der Waals surface area contributed by atoms with E-state index in [2.05, 4.69) is 6.07 Å². The third kappa shape index (κ3) is 3.41. The minimum absolute atomic E-state index is 0.240. The Balaban J connectivity index is 2.26. The SMILES string of the molecule is Cc1cccc(C(CN)Oc2cccc(Cl)c2Cl)c1. The van der Waals surface area contributed by atoms with Gasteiger partial charge in [0.15, 0.2) is 0 Å². The van der Waals surface area contributed by atoms with Crippen LogP contribution in [0.1, 0.15) is 17.2 Å². The van der Waals surface area contributed by atoms with E-state index in [9.17, 15) is 0 Å². The van der Waals surface area contributed by atoms with Crippen molar-refractivity contribution in [3.63, 3.8) is 0 Å². The van der Waals surface area contributed by atoms with Crippen LogP contribution >= 0.6 is 23.2 Å². The maximum absolute atomic E-state index is 6.12. The number of benzene rings is 2. The second kappa shape index (κ2) is 6.29. The molecule has 1 unspecified atom stereocenters. The Bertz CT molecular complexity index is 572. The first-order valence-electron chi connectivity index (χ1n) is 5.99. The van der Waals surface area contributed by atoms with Crippen LogP contribution in [0.15, 0.2) is 42.5 Å². The Morgan fingerprint density at radius 1 is 1.16 bits per heavy atom. The summed E-state index contributed by atoms with van der Waals surface area (Å²) in [6.07, 6.45) is -0.240. The van der Waals surface area contributed by atoms with Gasteiger partial charge >= 0.3 is 0 Å². The van der Waals surface area contributed by atoms with Crippen molar-refractivity contribution in [3.8, 4) is 5.75 Å². The second-order valence-electron chi connectivity index (χ2n) is 4.31. The molecule has 0 saturated carbocycles. The van der Waals surface area contributed by atoms with Gasteiger partial charge in [0, 0.05) is 6.54 Å². The smallest absolute Gasteiger partial charge is 0.140 e. The van der Waals surface area contributed by atoms with Gasteiger partial charge in [0.2, 0.25) is 0 Å². The lowest BCUT2D eigenvalue weighted by atomic mass is 10.1. The zero-order valence-electron chi connectivity index (χ0n) is 10.6. The molecule has 0 bridgehead atoms. The van der Waals surface area contributed by atoms with Crippen molar-refractivity contribution in [2.75, 3.05) is 6.54 Å². The van der Waals surface area contributed by atoms with Gasteiger partial charge in [-0.25, -0.2) is 0 Å². The molecule has 2 N–H and O–H groups in total. The first-order valence-corrected chi connectivity index (χ1v) is 6.74. The molecule has 0 aliphatic rings. The first-order chi connectivity index (χ1) is 9.11. The number of nitrogens with two attached hydrogens (primary N) is 1. The summed E-state index contributed by atoms with van der Waals surface area (Å²) in [4.78, 5) is 0. The maximum Gasteiger partial charge on any atom is 0.140 e. The van der Waals surface area contributed by atoms with Crippen LogP contribution in [0.4, 0.5) is 0 Å². The Morgan fingerprint density at radius 3 is 2.58 bits per heavy atom. The predicted octanol–water partition coefficient (Wildman–Crippen LogP) is 4.38. The summed E-state index contributed by atoms with van der Waals surface area (Å²) in [5, 5.41) is 0.884. The number of hydrogen-bond donors (Lipinski definition) is 1. The summed E-state index contributed by atoms with van der Waals surface area (Å²) in [7, 11) is 0. The van der Waals surface area contributed by atoms with Crippen molar-refractivity contribution in [3.05, 3.63) is 63.6 Å². The van der Waals surface area contributed by atoms with E-state index >= 15 is 0 Å². The molecule has 0 aromatic heterocycles. The van der Waals surface area contributed by atoms with Crippen molar-refractivity contribution < 1.29 is 4.74 Å². The molecule has 0 spiro atoms. The summed E-state index contributed by atoms with van der Waals surface area (Å²) in [6.45, 7) is 2.40. The van der Waals surface area contributed by atoms with E-state index in [1.807, 2.05) is 25.1 Å². The fourth-order valence-electron chi connectivity index (χ4n) is 1.85. The third-order valence-corrected chi connectivity index (χ3v) is 3.61. The van der Waals surface area contributed by atoms with Crippen LogP contribution in [0.5, 0.6) is 5.75 Å². The number of hydrogen-bond acceptors (Lipinski definition) is 2. The van der Waals surface area contributed by atoms with E-state index < -0.39 is 0 Å². The summed E-state index contributed by atoms with van der Waals surface area (Å²) in [5.41, 5.74) is 7.98. The normalized spacial score (nSPS) is 12.2. The predicted molar refractivity (Wildman–Crippen MR) is 80.1 cm³/mol. The van der Waals surface area contributed by atoms with Crippen LogP contribution < -0.4 is 10.5 Å². The lowest BCUT2D eigenvalue weighted by Crippen LogP contribution is -2.18. The highest BCUT2D eigenvalue weighted by atomic mass is 35.5. The van der Waals surface area contributed by atoms with Crippen molar-refractivity contribution in [2.45, 2.75) is 13.0 Å². The van der Waals surface area contributed by atoms with Gasteiger partial charge in [0.1, 0.15) is 16.9 Å². The molecule has 0 amide bonds. The van der Waals surface area contributed by atoms with Crippen molar-refractivity contribution in [2.24, 2.45) is 5.73 Å². The first kappa shape index (κ1) is 14.2. The summed E-state index contributed by atoms with van der Waals surface area (Å²) in [6, 6.07) is 13.4. The highest BCUT2D eigenvalue weighted by molar-refractivity contribution is 6.42. The van der Waals surface area contributed by atoms with E-state index in [1.54, 1.807) is 18.2 Å². The molecule has 19 heavy (non-hydrogen) atoms. The number of ether oxygens (including phenoxy) is 1. The molecule has 0 radical (unpaired) electrons. The van der Waals surface area contributed by atoms with Crippen molar-refractivity contribution >= 4 is 23.2 Å². The Kier molecular flexibility index (Phi) is 4.70. The average molecular weight is 296 g/mol. The van der Waals surface area contributed by atoms with Crippen LogP contribution in [-0.2, 0) is 0 Å². The third-order valence-electron chi connectivity index (χ3n) is 2.81. The molecule has 0 saturated heterocycles. The largest absolute Gasteiger partial charge is 0.483 e. The average Bonchev–Trinajstić information content (AvgIpc) is 2.40. The minimum Gasteiger partial charge on any atom is -0.483 e. The standard InChI is InChI=1S/C15H15Cl2NO/c1-10-4-2-5-11(8-10)14(9-18)19-13-7-3-6-12(16)15(13)17/h2-8,14H,9,18H2,1H3. The molecule has 2 rings (SSSR count). The lowest BCUT2D eigenvalue weighted by molar-refractivity contribution is 0.214.